The first-order valence-electron chi connectivity index (χ1n) is 7.12. The molecule has 1 N–H and O–H groups in total. The highest BCUT2D eigenvalue weighted by atomic mass is 16.2. The second-order valence-electron chi connectivity index (χ2n) is 4.97. The molecule has 0 bridgehead atoms. The molecule has 0 aliphatic rings. The van der Waals surface area contributed by atoms with E-state index in [-0.39, 0.29) is 17.3 Å². The van der Waals surface area contributed by atoms with Crippen molar-refractivity contribution in [3.8, 4) is 0 Å². The first-order chi connectivity index (χ1) is 10.5. The molecule has 0 aliphatic carbocycles. The van der Waals surface area contributed by atoms with Crippen molar-refractivity contribution in [3.63, 3.8) is 0 Å². The first kappa shape index (κ1) is 17.4. The molecule has 0 spiro atoms. The number of nitrogens with one attached hydrogen (secondary N) is 1. The highest BCUT2D eigenvalue weighted by Gasteiger charge is 2.18. The maximum Gasteiger partial charge on any atom is 0.258 e. The van der Waals surface area contributed by atoms with Crippen LogP contribution in [0.5, 0.6) is 0 Å². The Kier molecular flexibility index (Phi) is 7.34. The monoisotopic (exact) mass is 295 g/mol. The summed E-state index contributed by atoms with van der Waals surface area (Å²) in [5.41, 5.74) is 0.657. The van der Waals surface area contributed by atoms with Crippen molar-refractivity contribution in [1.29, 1.82) is 0 Å². The summed E-state index contributed by atoms with van der Waals surface area (Å²) in [7, 11) is 0. The van der Waals surface area contributed by atoms with Crippen molar-refractivity contribution < 1.29 is 9.59 Å². The zero-order chi connectivity index (χ0) is 16.4. The lowest BCUT2D eigenvalue weighted by Gasteiger charge is -2.08. The van der Waals surface area contributed by atoms with Crippen LogP contribution in [0, 0.1) is 5.92 Å². The number of ketones is 1. The molecule has 22 heavy (non-hydrogen) atoms. The number of para-hydroxylation sites is 1. The van der Waals surface area contributed by atoms with Gasteiger partial charge in [0, 0.05) is 11.6 Å². The van der Waals surface area contributed by atoms with E-state index in [1.54, 1.807) is 26.0 Å². The van der Waals surface area contributed by atoms with Gasteiger partial charge in [-0.05, 0) is 12.1 Å². The Morgan fingerprint density at radius 2 is 1.27 bits per heavy atom. The molecule has 0 fully saturated rings. The number of benzene rings is 2. The van der Waals surface area contributed by atoms with Gasteiger partial charge < -0.3 is 5.32 Å². The van der Waals surface area contributed by atoms with Gasteiger partial charge in [0.15, 0.2) is 5.78 Å². The quantitative estimate of drug-likeness (QED) is 0.524. The molecule has 2 aromatic carbocycles. The number of amides is 1. The number of hydrogen-bond donors (Lipinski definition) is 1. The highest BCUT2D eigenvalue weighted by molar-refractivity contribution is 6.23. The molecule has 0 heterocycles. The second-order valence-corrected chi connectivity index (χ2v) is 4.97. The van der Waals surface area contributed by atoms with Crippen LogP contribution < -0.4 is 5.32 Å². The van der Waals surface area contributed by atoms with Crippen molar-refractivity contribution in [3.05, 3.63) is 78.9 Å². The summed E-state index contributed by atoms with van der Waals surface area (Å²) in [5, 5.41) is 2.62. The summed E-state index contributed by atoms with van der Waals surface area (Å²) in [6.45, 7) is 6.99. The van der Waals surface area contributed by atoms with E-state index in [0.29, 0.717) is 5.69 Å². The van der Waals surface area contributed by atoms with Gasteiger partial charge in [0.25, 0.3) is 5.91 Å². The van der Waals surface area contributed by atoms with Gasteiger partial charge in [-0.15, -0.1) is 0 Å². The molecule has 114 valence electrons. The summed E-state index contributed by atoms with van der Waals surface area (Å²) in [6.07, 6.45) is 0. The van der Waals surface area contributed by atoms with Crippen LogP contribution >= 0.6 is 0 Å². The fourth-order valence-electron chi connectivity index (χ4n) is 1.57. The molecular formula is C19H21NO2. The van der Waals surface area contributed by atoms with Crippen molar-refractivity contribution >= 4 is 17.4 Å². The van der Waals surface area contributed by atoms with Crippen LogP contribution in [0.15, 0.2) is 78.9 Å². The number of rotatable bonds is 4. The zero-order valence-electron chi connectivity index (χ0n) is 13.0. The molecule has 2 aromatic rings. The van der Waals surface area contributed by atoms with Gasteiger partial charge in [-0.25, -0.2) is 0 Å². The smallest absolute Gasteiger partial charge is 0.258 e. The Morgan fingerprint density at radius 3 is 1.68 bits per heavy atom. The van der Waals surface area contributed by atoms with E-state index in [1.807, 2.05) is 54.6 Å². The van der Waals surface area contributed by atoms with Crippen molar-refractivity contribution in [2.45, 2.75) is 13.8 Å². The van der Waals surface area contributed by atoms with Gasteiger partial charge in [0.05, 0.1) is 5.57 Å². The Bertz CT molecular complexity index is 577. The minimum absolute atomic E-state index is 0.00106. The van der Waals surface area contributed by atoms with Gasteiger partial charge in [-0.2, -0.15) is 0 Å². The van der Waals surface area contributed by atoms with Crippen molar-refractivity contribution in [1.82, 2.24) is 0 Å². The Hall–Kier alpha value is -2.68. The minimum Gasteiger partial charge on any atom is -0.322 e. The Labute approximate surface area is 131 Å². The van der Waals surface area contributed by atoms with E-state index in [1.165, 1.54) is 0 Å². The maximum atomic E-state index is 11.6. The molecule has 0 saturated heterocycles. The van der Waals surface area contributed by atoms with Crippen molar-refractivity contribution in [2.75, 3.05) is 5.32 Å². The fourth-order valence-corrected chi connectivity index (χ4v) is 1.57. The van der Waals surface area contributed by atoms with E-state index in [0.717, 1.165) is 0 Å². The molecule has 1 amide bonds. The summed E-state index contributed by atoms with van der Waals surface area (Å²) in [5.74, 6) is -0.882. The zero-order valence-corrected chi connectivity index (χ0v) is 13.0. The van der Waals surface area contributed by atoms with Crippen LogP contribution in [-0.4, -0.2) is 11.7 Å². The molecule has 0 saturated carbocycles. The Morgan fingerprint density at radius 1 is 0.864 bits per heavy atom. The van der Waals surface area contributed by atoms with E-state index in [2.05, 4.69) is 11.9 Å². The predicted molar refractivity (Wildman–Crippen MR) is 90.5 cm³/mol. The standard InChI is InChI=1S/C13H15NO2.C6H6/c1-9(2)12(15)10(3)13(16)14-11-7-5-4-6-8-11;1-2-4-6-5-3-1/h4-9H,3H2,1-2H3,(H,14,16);1-6H. The van der Waals surface area contributed by atoms with Crippen molar-refractivity contribution in [2.24, 2.45) is 5.92 Å². The number of anilines is 1. The Balaban J connectivity index is 0.000000335. The van der Waals surface area contributed by atoms with Gasteiger partial charge in [0.2, 0.25) is 0 Å². The normalized spacial score (nSPS) is 9.41. The lowest BCUT2D eigenvalue weighted by Crippen LogP contribution is -2.22. The minimum atomic E-state index is -0.440. The molecule has 3 nitrogen and oxygen atoms in total. The van der Waals surface area contributed by atoms with Gasteiger partial charge in [0.1, 0.15) is 0 Å². The topological polar surface area (TPSA) is 46.2 Å². The summed E-state index contributed by atoms with van der Waals surface area (Å²) in [4.78, 5) is 23.1. The molecule has 0 unspecified atom stereocenters. The third kappa shape index (κ3) is 6.18. The molecule has 3 heteroatoms. The second kappa shape index (κ2) is 9.29. The highest BCUT2D eigenvalue weighted by Crippen LogP contribution is 2.09. The van der Waals surface area contributed by atoms with E-state index >= 15 is 0 Å². The van der Waals surface area contributed by atoms with Crippen LogP contribution in [0.2, 0.25) is 0 Å². The van der Waals surface area contributed by atoms with Crippen LogP contribution in [0.1, 0.15) is 13.8 Å². The number of hydrogen-bond acceptors (Lipinski definition) is 2. The SMILES string of the molecule is C=C(C(=O)Nc1ccccc1)C(=O)C(C)C.c1ccccc1. The van der Waals surface area contributed by atoms with E-state index < -0.39 is 5.91 Å². The maximum absolute atomic E-state index is 11.6. The lowest BCUT2D eigenvalue weighted by atomic mass is 10.0. The third-order valence-electron chi connectivity index (χ3n) is 2.79. The third-order valence-corrected chi connectivity index (χ3v) is 2.79. The van der Waals surface area contributed by atoms with Crippen LogP contribution in [0.25, 0.3) is 0 Å². The van der Waals surface area contributed by atoms with E-state index in [9.17, 15) is 9.59 Å². The first-order valence-corrected chi connectivity index (χ1v) is 7.12. The number of carbonyl (C=O) groups is 2. The van der Waals surface area contributed by atoms with Crippen LogP contribution in [0.3, 0.4) is 0 Å². The summed E-state index contributed by atoms with van der Waals surface area (Å²) >= 11 is 0. The largest absolute Gasteiger partial charge is 0.322 e. The molecule has 2 rings (SSSR count). The van der Waals surface area contributed by atoms with E-state index in [4.69, 9.17) is 0 Å². The van der Waals surface area contributed by atoms with Crippen LogP contribution in [-0.2, 0) is 9.59 Å². The average molecular weight is 295 g/mol. The molecule has 0 aliphatic heterocycles. The van der Waals surface area contributed by atoms with Gasteiger partial charge in [-0.3, -0.25) is 9.59 Å². The number of carbonyl (C=O) groups excluding carboxylic acids is 2. The average Bonchev–Trinajstić information content (AvgIpc) is 2.56. The summed E-state index contributed by atoms with van der Waals surface area (Å²) in [6, 6.07) is 21.0. The summed E-state index contributed by atoms with van der Waals surface area (Å²) < 4.78 is 0. The molecular weight excluding hydrogens is 274 g/mol. The fraction of sp³-hybridized carbons (Fsp3) is 0.158. The predicted octanol–water partition coefficient (Wildman–Crippen LogP) is 4.09. The molecule has 0 radical (unpaired) electrons. The number of Topliss-reactive ketones (excluding diaryl/α,β-unsaturated/α-hetero) is 1. The lowest BCUT2D eigenvalue weighted by molar-refractivity contribution is -0.121. The molecule has 0 atom stereocenters. The molecule has 0 aromatic heterocycles. The van der Waals surface area contributed by atoms with Gasteiger partial charge >= 0.3 is 0 Å². The van der Waals surface area contributed by atoms with Gasteiger partial charge in [-0.1, -0.05) is 75.0 Å². The van der Waals surface area contributed by atoms with Crippen LogP contribution in [0.4, 0.5) is 5.69 Å².